The number of carbonyl (C=O) groups is 1. The van der Waals surface area contributed by atoms with Crippen molar-refractivity contribution in [3.8, 4) is 11.5 Å². The third-order valence-electron chi connectivity index (χ3n) is 4.62. The minimum absolute atomic E-state index is 0.0145. The van der Waals surface area contributed by atoms with Gasteiger partial charge in [0.25, 0.3) is 0 Å². The molecule has 9 heteroatoms. The highest BCUT2D eigenvalue weighted by molar-refractivity contribution is 7.80. The van der Waals surface area contributed by atoms with Crippen molar-refractivity contribution in [3.05, 3.63) is 39.1 Å². The van der Waals surface area contributed by atoms with Crippen molar-refractivity contribution in [2.75, 3.05) is 13.2 Å². The fraction of sp³-hybridized carbons (Fsp3) is 0.474. The molecular weight excluding hydrogens is 382 g/mol. The fourth-order valence-electron chi connectivity index (χ4n) is 3.48. The Morgan fingerprint density at radius 2 is 2.07 bits per heavy atom. The SMILES string of the molecule is CCCOc1c(OCC)cc(C2NC(=S)NC3=C2C(=O)CCC3)cc1[N+](=O)[O-]. The molecule has 1 aromatic rings. The van der Waals surface area contributed by atoms with Crippen LogP contribution in [0.25, 0.3) is 0 Å². The van der Waals surface area contributed by atoms with Crippen molar-refractivity contribution in [1.82, 2.24) is 10.6 Å². The zero-order valence-corrected chi connectivity index (χ0v) is 16.7. The van der Waals surface area contributed by atoms with Crippen molar-refractivity contribution in [3.63, 3.8) is 0 Å². The molecule has 8 nitrogen and oxygen atoms in total. The van der Waals surface area contributed by atoms with Gasteiger partial charge in [-0.2, -0.15) is 0 Å². The predicted molar refractivity (Wildman–Crippen MR) is 108 cm³/mol. The van der Waals surface area contributed by atoms with Crippen LogP contribution in [-0.4, -0.2) is 29.0 Å². The molecule has 28 heavy (non-hydrogen) atoms. The monoisotopic (exact) mass is 405 g/mol. The lowest BCUT2D eigenvalue weighted by atomic mass is 9.85. The molecule has 0 amide bonds. The molecule has 3 rings (SSSR count). The Hall–Kier alpha value is -2.68. The van der Waals surface area contributed by atoms with Crippen LogP contribution in [0.5, 0.6) is 11.5 Å². The Kier molecular flexibility index (Phi) is 6.13. The van der Waals surface area contributed by atoms with Crippen LogP contribution in [-0.2, 0) is 4.79 Å². The summed E-state index contributed by atoms with van der Waals surface area (Å²) in [6.45, 7) is 4.38. The number of benzene rings is 1. The lowest BCUT2D eigenvalue weighted by Crippen LogP contribution is -2.46. The highest BCUT2D eigenvalue weighted by Crippen LogP contribution is 2.43. The Balaban J connectivity index is 2.13. The number of rotatable bonds is 7. The molecule has 2 aliphatic rings. The average molecular weight is 405 g/mol. The van der Waals surface area contributed by atoms with E-state index < -0.39 is 11.0 Å². The number of allylic oxidation sites excluding steroid dienone is 1. The van der Waals surface area contributed by atoms with Gasteiger partial charge in [0.15, 0.2) is 16.6 Å². The number of ketones is 1. The maximum absolute atomic E-state index is 12.6. The molecule has 1 aromatic carbocycles. The van der Waals surface area contributed by atoms with Crippen LogP contribution in [0.4, 0.5) is 5.69 Å². The van der Waals surface area contributed by atoms with E-state index in [0.29, 0.717) is 42.3 Å². The number of hydrogen-bond donors (Lipinski definition) is 2. The number of nitrogens with zero attached hydrogens (tertiary/aromatic N) is 1. The molecule has 0 saturated heterocycles. The van der Waals surface area contributed by atoms with E-state index in [4.69, 9.17) is 21.7 Å². The Morgan fingerprint density at radius 3 is 2.75 bits per heavy atom. The van der Waals surface area contributed by atoms with Gasteiger partial charge in [0, 0.05) is 23.8 Å². The van der Waals surface area contributed by atoms with Crippen LogP contribution < -0.4 is 20.1 Å². The van der Waals surface area contributed by atoms with Crippen molar-refractivity contribution in [2.45, 2.75) is 45.6 Å². The smallest absolute Gasteiger partial charge is 0.315 e. The van der Waals surface area contributed by atoms with Crippen LogP contribution in [0, 0.1) is 10.1 Å². The maximum atomic E-state index is 12.6. The number of ether oxygens (including phenoxy) is 2. The van der Waals surface area contributed by atoms with E-state index in [1.165, 1.54) is 6.07 Å². The Labute approximate surface area is 168 Å². The largest absolute Gasteiger partial charge is 0.490 e. The standard InChI is InChI=1S/C19H23N3O5S/c1-3-8-27-18-13(22(24)25)9-11(10-15(18)26-4-2)17-16-12(20-19(28)21-17)6-5-7-14(16)23/h9-10,17H,3-8H2,1-2H3,(H2,20,21,28). The van der Waals surface area contributed by atoms with Gasteiger partial charge in [-0.05, 0) is 50.0 Å². The van der Waals surface area contributed by atoms with Crippen molar-refractivity contribution in [1.29, 1.82) is 0 Å². The number of Topliss-reactive ketones (excluding diaryl/α,β-unsaturated/α-hetero) is 1. The fourth-order valence-corrected chi connectivity index (χ4v) is 3.72. The highest BCUT2D eigenvalue weighted by Gasteiger charge is 2.35. The van der Waals surface area contributed by atoms with Crippen LogP contribution in [0.2, 0.25) is 0 Å². The first-order chi connectivity index (χ1) is 13.5. The predicted octanol–water partition coefficient (Wildman–Crippen LogP) is 3.31. The first-order valence-electron chi connectivity index (χ1n) is 9.37. The molecule has 150 valence electrons. The summed E-state index contributed by atoms with van der Waals surface area (Å²) in [5, 5.41) is 18.3. The minimum atomic E-state index is -0.560. The summed E-state index contributed by atoms with van der Waals surface area (Å²) in [7, 11) is 0. The second kappa shape index (κ2) is 8.55. The second-order valence-corrected chi connectivity index (χ2v) is 7.01. The average Bonchev–Trinajstić information content (AvgIpc) is 2.66. The first-order valence-corrected chi connectivity index (χ1v) is 9.78. The highest BCUT2D eigenvalue weighted by atomic mass is 32.1. The zero-order valence-electron chi connectivity index (χ0n) is 15.9. The summed E-state index contributed by atoms with van der Waals surface area (Å²) in [6, 6.07) is 2.57. The van der Waals surface area contributed by atoms with Gasteiger partial charge >= 0.3 is 5.69 Å². The molecular formula is C19H23N3O5S. The molecule has 0 saturated carbocycles. The van der Waals surface area contributed by atoms with Crippen molar-refractivity contribution >= 4 is 28.8 Å². The van der Waals surface area contributed by atoms with Gasteiger partial charge in [-0.1, -0.05) is 6.92 Å². The molecule has 1 atom stereocenters. The number of nitrogens with one attached hydrogen (secondary N) is 2. The molecule has 0 aromatic heterocycles. The lowest BCUT2D eigenvalue weighted by Gasteiger charge is -2.34. The number of nitro benzene ring substituents is 1. The van der Waals surface area contributed by atoms with Crippen LogP contribution in [0.15, 0.2) is 23.4 Å². The molecule has 1 aliphatic heterocycles. The molecule has 1 aliphatic carbocycles. The van der Waals surface area contributed by atoms with E-state index in [9.17, 15) is 14.9 Å². The zero-order chi connectivity index (χ0) is 20.3. The van der Waals surface area contributed by atoms with Crippen LogP contribution in [0.3, 0.4) is 0 Å². The number of nitro groups is 1. The van der Waals surface area contributed by atoms with Gasteiger partial charge in [0.1, 0.15) is 0 Å². The maximum Gasteiger partial charge on any atom is 0.315 e. The second-order valence-electron chi connectivity index (χ2n) is 6.61. The molecule has 0 bridgehead atoms. The van der Waals surface area contributed by atoms with Gasteiger partial charge in [-0.25, -0.2) is 0 Å². The topological polar surface area (TPSA) is 103 Å². The molecule has 1 heterocycles. The molecule has 0 radical (unpaired) electrons. The van der Waals surface area contributed by atoms with Crippen LogP contribution in [0.1, 0.15) is 51.1 Å². The van der Waals surface area contributed by atoms with Gasteiger partial charge in [-0.15, -0.1) is 0 Å². The number of carbonyl (C=O) groups excluding carboxylic acids is 1. The lowest BCUT2D eigenvalue weighted by molar-refractivity contribution is -0.386. The van der Waals surface area contributed by atoms with Crippen molar-refractivity contribution in [2.24, 2.45) is 0 Å². The molecule has 0 spiro atoms. The summed E-state index contributed by atoms with van der Waals surface area (Å²) in [5.74, 6) is 0.413. The first kappa shape index (κ1) is 20.1. The quantitative estimate of drug-likeness (QED) is 0.405. The Bertz CT molecular complexity index is 852. The Morgan fingerprint density at radius 1 is 1.29 bits per heavy atom. The van der Waals surface area contributed by atoms with Crippen molar-refractivity contribution < 1.29 is 19.2 Å². The van der Waals surface area contributed by atoms with E-state index in [0.717, 1.165) is 18.5 Å². The van der Waals surface area contributed by atoms with E-state index in [1.54, 1.807) is 13.0 Å². The van der Waals surface area contributed by atoms with Gasteiger partial charge in [0.2, 0.25) is 5.75 Å². The van der Waals surface area contributed by atoms with E-state index in [-0.39, 0.29) is 23.0 Å². The number of hydrogen-bond acceptors (Lipinski definition) is 6. The minimum Gasteiger partial charge on any atom is -0.490 e. The van der Waals surface area contributed by atoms with Gasteiger partial charge in [0.05, 0.1) is 24.2 Å². The van der Waals surface area contributed by atoms with Gasteiger partial charge < -0.3 is 20.1 Å². The van der Waals surface area contributed by atoms with Gasteiger partial charge in [-0.3, -0.25) is 14.9 Å². The third-order valence-corrected chi connectivity index (χ3v) is 4.84. The molecule has 0 fully saturated rings. The normalized spacial score (nSPS) is 18.9. The molecule has 2 N–H and O–H groups in total. The van der Waals surface area contributed by atoms with E-state index in [2.05, 4.69) is 10.6 Å². The summed E-state index contributed by atoms with van der Waals surface area (Å²) in [4.78, 5) is 23.8. The summed E-state index contributed by atoms with van der Waals surface area (Å²) >= 11 is 5.28. The summed E-state index contributed by atoms with van der Waals surface area (Å²) in [6.07, 6.45) is 2.63. The summed E-state index contributed by atoms with van der Waals surface area (Å²) in [5.41, 5.74) is 1.73. The van der Waals surface area contributed by atoms with Crippen LogP contribution >= 0.6 is 12.2 Å². The van der Waals surface area contributed by atoms with E-state index >= 15 is 0 Å². The van der Waals surface area contributed by atoms with E-state index in [1.807, 2.05) is 6.92 Å². The third kappa shape index (κ3) is 3.94. The number of thiocarbonyl (C=S) groups is 1. The summed E-state index contributed by atoms with van der Waals surface area (Å²) < 4.78 is 11.3. The molecule has 1 unspecified atom stereocenters.